The van der Waals surface area contributed by atoms with Crippen molar-refractivity contribution in [2.24, 2.45) is 11.8 Å². The zero-order chi connectivity index (χ0) is 42.5. The van der Waals surface area contributed by atoms with E-state index in [9.17, 15) is 14.4 Å². The molecule has 0 saturated carbocycles. The molecule has 336 valence electrons. The SMILES string of the molecule is CCCCCCCCCCCCCC(C)=C=CC(=O)OC(=O)CCC(C)CCCCCCCCCCCCC.CCCCCCCCCCCCCC(C)C(=O)O. The van der Waals surface area contributed by atoms with Gasteiger partial charge in [0.15, 0.2) is 0 Å². The van der Waals surface area contributed by atoms with Gasteiger partial charge >= 0.3 is 17.9 Å². The molecule has 5 heteroatoms. The average molecular weight is 803 g/mol. The van der Waals surface area contributed by atoms with Gasteiger partial charge in [0, 0.05) is 6.42 Å². The van der Waals surface area contributed by atoms with Crippen LogP contribution in [0, 0.1) is 11.8 Å². The molecule has 57 heavy (non-hydrogen) atoms. The topological polar surface area (TPSA) is 80.7 Å². The molecule has 0 rings (SSSR count). The molecule has 0 heterocycles. The van der Waals surface area contributed by atoms with Crippen LogP contribution >= 0.6 is 0 Å². The number of hydrogen-bond donors (Lipinski definition) is 1. The minimum Gasteiger partial charge on any atom is -0.481 e. The number of carboxylic acids is 1. The van der Waals surface area contributed by atoms with Gasteiger partial charge in [-0.15, -0.1) is 5.73 Å². The second-order valence-corrected chi connectivity index (χ2v) is 17.7. The number of rotatable bonds is 41. The summed E-state index contributed by atoms with van der Waals surface area (Å²) in [6.45, 7) is 12.8. The second-order valence-electron chi connectivity index (χ2n) is 17.7. The van der Waals surface area contributed by atoms with Crippen molar-refractivity contribution in [2.45, 2.75) is 286 Å². The van der Waals surface area contributed by atoms with Gasteiger partial charge < -0.3 is 9.84 Å². The fourth-order valence-electron chi connectivity index (χ4n) is 7.41. The van der Waals surface area contributed by atoms with E-state index >= 15 is 0 Å². The minimum atomic E-state index is -0.651. The first kappa shape index (κ1) is 57.2. The highest BCUT2D eigenvalue weighted by Gasteiger charge is 2.11. The molecule has 0 aliphatic heterocycles. The molecule has 0 aromatic rings. The van der Waals surface area contributed by atoms with Crippen molar-refractivity contribution in [3.05, 3.63) is 17.4 Å². The zero-order valence-corrected chi connectivity index (χ0v) is 39.2. The standard InChI is InChI=1S/C36H66O3.C16H32O2/c1-5-7-9-11-13-15-17-19-21-23-25-27-33(3)29-31-35(37)39-36(38)32-30-34(4)28-26-24-22-20-18-16-14-12-10-8-6-2;1-3-4-5-6-7-8-9-10-11-12-13-14-15(2)16(17)18/h32-33H,5-29,31H2,1-4H3;15H,3-14H2,1-2H3,(H,17,18). The van der Waals surface area contributed by atoms with E-state index in [1.54, 1.807) is 6.92 Å². The Hall–Kier alpha value is -1.87. The number of unbranched alkanes of at least 4 members (excludes halogenated alkanes) is 30. The molecule has 0 spiro atoms. The fourth-order valence-corrected chi connectivity index (χ4v) is 7.41. The molecule has 5 nitrogen and oxygen atoms in total. The lowest BCUT2D eigenvalue weighted by Crippen LogP contribution is -2.11. The van der Waals surface area contributed by atoms with E-state index in [0.717, 1.165) is 44.1 Å². The maximum absolute atomic E-state index is 12.0. The largest absolute Gasteiger partial charge is 0.481 e. The highest BCUT2D eigenvalue weighted by Crippen LogP contribution is 2.18. The highest BCUT2D eigenvalue weighted by atomic mass is 16.6. The summed E-state index contributed by atoms with van der Waals surface area (Å²) >= 11 is 0. The van der Waals surface area contributed by atoms with Crippen LogP contribution in [-0.4, -0.2) is 23.0 Å². The van der Waals surface area contributed by atoms with Crippen molar-refractivity contribution in [2.75, 3.05) is 0 Å². The molecular weight excluding hydrogens is 705 g/mol. The van der Waals surface area contributed by atoms with Crippen molar-refractivity contribution in [1.29, 1.82) is 0 Å². The number of carboxylic acid groups (broad SMARTS) is 1. The summed E-state index contributed by atoms with van der Waals surface area (Å²) < 4.78 is 4.96. The van der Waals surface area contributed by atoms with E-state index in [-0.39, 0.29) is 5.92 Å². The van der Waals surface area contributed by atoms with Crippen LogP contribution in [0.1, 0.15) is 286 Å². The van der Waals surface area contributed by atoms with Crippen molar-refractivity contribution in [1.82, 2.24) is 0 Å². The Kier molecular flexibility index (Phi) is 47.0. The normalized spacial score (nSPS) is 12.0. The molecule has 1 N–H and O–H groups in total. The Balaban J connectivity index is 0. The minimum absolute atomic E-state index is 0.163. The van der Waals surface area contributed by atoms with Crippen LogP contribution < -0.4 is 0 Å². The lowest BCUT2D eigenvalue weighted by molar-refractivity contribution is -0.156. The number of carbonyl (C=O) groups is 3. The van der Waals surface area contributed by atoms with E-state index in [0.29, 0.717) is 12.3 Å². The molecule has 0 bridgehead atoms. The van der Waals surface area contributed by atoms with Gasteiger partial charge in [-0.1, -0.05) is 247 Å². The van der Waals surface area contributed by atoms with Gasteiger partial charge in [0.1, 0.15) is 0 Å². The molecule has 0 aliphatic carbocycles. The lowest BCUT2D eigenvalue weighted by atomic mass is 9.97. The highest BCUT2D eigenvalue weighted by molar-refractivity contribution is 5.91. The maximum atomic E-state index is 12.0. The van der Waals surface area contributed by atoms with Crippen LogP contribution in [0.25, 0.3) is 0 Å². The van der Waals surface area contributed by atoms with Crippen molar-refractivity contribution >= 4 is 17.9 Å². The quantitative estimate of drug-likeness (QED) is 0.0219. The molecule has 0 amide bonds. The average Bonchev–Trinajstić information content (AvgIpc) is 3.19. The monoisotopic (exact) mass is 803 g/mol. The smallest absolute Gasteiger partial charge is 0.346 e. The van der Waals surface area contributed by atoms with Crippen LogP contribution in [-0.2, 0) is 19.1 Å². The Morgan fingerprint density at radius 1 is 0.474 bits per heavy atom. The fraction of sp³-hybridized carbons (Fsp3) is 0.885. The Labute approximate surface area is 355 Å². The molecule has 2 atom stereocenters. The molecule has 0 saturated heterocycles. The third kappa shape index (κ3) is 48.4. The van der Waals surface area contributed by atoms with Crippen molar-refractivity contribution in [3.8, 4) is 0 Å². The molecule has 0 radical (unpaired) electrons. The molecule has 0 aromatic heterocycles. The van der Waals surface area contributed by atoms with Crippen LogP contribution in [0.15, 0.2) is 17.4 Å². The van der Waals surface area contributed by atoms with Crippen molar-refractivity contribution < 1.29 is 24.2 Å². The summed E-state index contributed by atoms with van der Waals surface area (Å²) in [7, 11) is 0. The third-order valence-electron chi connectivity index (χ3n) is 11.6. The zero-order valence-electron chi connectivity index (χ0n) is 39.2. The molecule has 0 aliphatic rings. The Morgan fingerprint density at radius 3 is 1.18 bits per heavy atom. The summed E-state index contributed by atoms with van der Waals surface area (Å²) in [5, 5.41) is 8.74. The summed E-state index contributed by atoms with van der Waals surface area (Å²) in [4.78, 5) is 34.6. The van der Waals surface area contributed by atoms with E-state index in [1.165, 1.54) is 205 Å². The van der Waals surface area contributed by atoms with E-state index in [2.05, 4.69) is 33.4 Å². The van der Waals surface area contributed by atoms with Gasteiger partial charge in [-0.2, -0.15) is 0 Å². The first-order chi connectivity index (χ1) is 27.7. The van der Waals surface area contributed by atoms with Crippen molar-refractivity contribution in [3.63, 3.8) is 0 Å². The molecule has 2 unspecified atom stereocenters. The first-order valence-corrected chi connectivity index (χ1v) is 25.1. The second kappa shape index (κ2) is 46.8. The third-order valence-corrected chi connectivity index (χ3v) is 11.6. The number of hydrogen-bond acceptors (Lipinski definition) is 4. The van der Waals surface area contributed by atoms with Crippen LogP contribution in [0.4, 0.5) is 0 Å². The first-order valence-electron chi connectivity index (χ1n) is 25.1. The number of carbonyl (C=O) groups excluding carboxylic acids is 2. The predicted molar refractivity (Wildman–Crippen MR) is 247 cm³/mol. The molecule has 0 fully saturated rings. The Bertz CT molecular complexity index is 948. The van der Waals surface area contributed by atoms with Gasteiger partial charge in [0.05, 0.1) is 12.0 Å². The predicted octanol–water partition coefficient (Wildman–Crippen LogP) is 17.4. The number of ether oxygens (including phenoxy) is 1. The van der Waals surface area contributed by atoms with Gasteiger partial charge in [-0.3, -0.25) is 9.59 Å². The van der Waals surface area contributed by atoms with Crippen LogP contribution in [0.5, 0.6) is 0 Å². The van der Waals surface area contributed by atoms with Gasteiger partial charge in [0.2, 0.25) is 0 Å². The summed E-state index contributed by atoms with van der Waals surface area (Å²) in [5.41, 5.74) is 4.07. The summed E-state index contributed by atoms with van der Waals surface area (Å²) in [5.74, 6) is -1.32. The summed E-state index contributed by atoms with van der Waals surface area (Å²) in [6.07, 6.45) is 49.4. The van der Waals surface area contributed by atoms with E-state index in [1.807, 2.05) is 6.92 Å². The molecule has 0 aromatic carbocycles. The van der Waals surface area contributed by atoms with Crippen LogP contribution in [0.2, 0.25) is 0 Å². The maximum Gasteiger partial charge on any atom is 0.346 e. The van der Waals surface area contributed by atoms with Gasteiger partial charge in [0.25, 0.3) is 0 Å². The van der Waals surface area contributed by atoms with E-state index in [4.69, 9.17) is 9.84 Å². The van der Waals surface area contributed by atoms with Gasteiger partial charge in [-0.25, -0.2) is 4.79 Å². The number of aliphatic carboxylic acids is 1. The lowest BCUT2D eigenvalue weighted by Gasteiger charge is -2.10. The van der Waals surface area contributed by atoms with Gasteiger partial charge in [-0.05, 0) is 44.1 Å². The Morgan fingerprint density at radius 2 is 0.807 bits per heavy atom. The van der Waals surface area contributed by atoms with E-state index < -0.39 is 17.9 Å². The summed E-state index contributed by atoms with van der Waals surface area (Å²) in [6, 6.07) is 0. The van der Waals surface area contributed by atoms with Crippen LogP contribution in [0.3, 0.4) is 0 Å². The molecular formula is C52H98O5. The number of esters is 2.